The largest absolute Gasteiger partial charge is 0.385 e. The Kier molecular flexibility index (Phi) is 5.73. The molecule has 1 aromatic heterocycles. The van der Waals surface area contributed by atoms with Crippen molar-refractivity contribution in [1.29, 1.82) is 0 Å². The highest BCUT2D eigenvalue weighted by Gasteiger charge is 2.28. The number of pyridine rings is 1. The van der Waals surface area contributed by atoms with Crippen LogP contribution in [0.15, 0.2) is 55.1 Å². The molecule has 0 radical (unpaired) electrons. The van der Waals surface area contributed by atoms with Gasteiger partial charge in [-0.25, -0.2) is 4.98 Å². The molecule has 1 atom stereocenters. The van der Waals surface area contributed by atoms with E-state index in [1.165, 1.54) is 54.7 Å². The van der Waals surface area contributed by atoms with Crippen molar-refractivity contribution in [1.82, 2.24) is 15.2 Å². The van der Waals surface area contributed by atoms with Gasteiger partial charge in [-0.3, -0.25) is 4.90 Å². The molecule has 0 bridgehead atoms. The third-order valence-corrected chi connectivity index (χ3v) is 8.06. The highest BCUT2D eigenvalue weighted by molar-refractivity contribution is 5.82. The van der Waals surface area contributed by atoms with Crippen molar-refractivity contribution in [2.45, 2.75) is 38.6 Å². The van der Waals surface area contributed by atoms with E-state index in [1.54, 1.807) is 0 Å². The minimum Gasteiger partial charge on any atom is -0.385 e. The lowest BCUT2D eigenvalue weighted by atomic mass is 9.92. The van der Waals surface area contributed by atoms with Crippen LogP contribution in [-0.2, 0) is 6.42 Å². The van der Waals surface area contributed by atoms with E-state index in [4.69, 9.17) is 10.7 Å². The number of nitrogens with two attached hydrogens (primary N) is 1. The van der Waals surface area contributed by atoms with Crippen molar-refractivity contribution in [3.8, 4) is 22.3 Å². The minimum atomic E-state index is 0.585. The first-order valence-electron chi connectivity index (χ1n) is 13.0. The highest BCUT2D eigenvalue weighted by atomic mass is 15.3. The molecule has 0 amide bonds. The molecule has 4 heterocycles. The summed E-state index contributed by atoms with van der Waals surface area (Å²) in [5.74, 6) is 0.585. The summed E-state index contributed by atoms with van der Waals surface area (Å²) in [7, 11) is 0. The molecule has 3 aromatic rings. The van der Waals surface area contributed by atoms with Gasteiger partial charge in [0.15, 0.2) is 0 Å². The zero-order valence-corrected chi connectivity index (χ0v) is 20.7. The second-order valence-corrected chi connectivity index (χ2v) is 10.3. The molecule has 3 aliphatic rings. The SMILES string of the molecule is C=C1NCCc2cc(-c3cc(-c4ccc(N5CCCN6CCCC6C5)cc4)c(C)nc3N)ccc21. The van der Waals surface area contributed by atoms with Crippen LogP contribution in [0.5, 0.6) is 0 Å². The van der Waals surface area contributed by atoms with Gasteiger partial charge in [0.1, 0.15) is 5.82 Å². The summed E-state index contributed by atoms with van der Waals surface area (Å²) >= 11 is 0. The Labute approximate surface area is 208 Å². The summed E-state index contributed by atoms with van der Waals surface area (Å²) in [6.45, 7) is 11.9. The van der Waals surface area contributed by atoms with E-state index in [1.807, 2.05) is 0 Å². The smallest absolute Gasteiger partial charge is 0.131 e. The number of anilines is 2. The van der Waals surface area contributed by atoms with Crippen LogP contribution in [0, 0.1) is 6.92 Å². The average Bonchev–Trinajstić information content (AvgIpc) is 3.21. The van der Waals surface area contributed by atoms with Gasteiger partial charge in [-0.15, -0.1) is 0 Å². The lowest BCUT2D eigenvalue weighted by Gasteiger charge is -2.27. The predicted octanol–water partition coefficient (Wildman–Crippen LogP) is 5.10. The number of aryl methyl sites for hydroxylation is 1. The Balaban J connectivity index is 1.30. The van der Waals surface area contributed by atoms with E-state index < -0.39 is 0 Å². The lowest BCUT2D eigenvalue weighted by Crippen LogP contribution is -2.36. The van der Waals surface area contributed by atoms with Crippen LogP contribution in [0.3, 0.4) is 0 Å². The molecule has 3 aliphatic heterocycles. The zero-order chi connectivity index (χ0) is 23.9. The molecule has 2 aromatic carbocycles. The summed E-state index contributed by atoms with van der Waals surface area (Å²) in [6, 6.07) is 18.5. The number of aromatic nitrogens is 1. The van der Waals surface area contributed by atoms with E-state index in [2.05, 4.69) is 77.2 Å². The minimum absolute atomic E-state index is 0.585. The molecule has 180 valence electrons. The molecule has 35 heavy (non-hydrogen) atoms. The van der Waals surface area contributed by atoms with Crippen LogP contribution in [0.1, 0.15) is 36.1 Å². The summed E-state index contributed by atoms with van der Waals surface area (Å²) in [4.78, 5) is 10.0. The molecule has 5 nitrogen and oxygen atoms in total. The monoisotopic (exact) mass is 465 g/mol. The highest BCUT2D eigenvalue weighted by Crippen LogP contribution is 2.35. The van der Waals surface area contributed by atoms with Crippen LogP contribution < -0.4 is 16.0 Å². The van der Waals surface area contributed by atoms with Gasteiger partial charge in [-0.1, -0.05) is 36.9 Å². The fraction of sp³-hybridized carbons (Fsp3) is 0.367. The summed E-state index contributed by atoms with van der Waals surface area (Å²) < 4.78 is 0. The lowest BCUT2D eigenvalue weighted by molar-refractivity contribution is 0.273. The summed E-state index contributed by atoms with van der Waals surface area (Å²) in [5.41, 5.74) is 16.7. The first-order chi connectivity index (χ1) is 17.1. The van der Waals surface area contributed by atoms with Crippen molar-refractivity contribution in [2.75, 3.05) is 43.4 Å². The maximum absolute atomic E-state index is 6.43. The maximum atomic E-state index is 6.43. The van der Waals surface area contributed by atoms with Crippen LogP contribution in [0.25, 0.3) is 28.0 Å². The number of nitrogens with zero attached hydrogens (tertiary/aromatic N) is 3. The van der Waals surface area contributed by atoms with Crippen molar-refractivity contribution < 1.29 is 0 Å². The van der Waals surface area contributed by atoms with E-state index in [9.17, 15) is 0 Å². The molecule has 1 unspecified atom stereocenters. The van der Waals surface area contributed by atoms with Crippen molar-refractivity contribution in [2.24, 2.45) is 0 Å². The first-order valence-corrected chi connectivity index (χ1v) is 13.0. The van der Waals surface area contributed by atoms with Gasteiger partial charge >= 0.3 is 0 Å². The van der Waals surface area contributed by atoms with Gasteiger partial charge in [0.25, 0.3) is 0 Å². The van der Waals surface area contributed by atoms with Gasteiger partial charge in [0, 0.05) is 66.0 Å². The molecule has 5 heteroatoms. The van der Waals surface area contributed by atoms with Gasteiger partial charge < -0.3 is 16.0 Å². The second kappa shape index (κ2) is 9.04. The van der Waals surface area contributed by atoms with E-state index in [0.29, 0.717) is 11.9 Å². The summed E-state index contributed by atoms with van der Waals surface area (Å²) in [6.07, 6.45) is 4.91. The number of nitrogen functional groups attached to an aromatic ring is 1. The molecule has 3 N–H and O–H groups in total. The Morgan fingerprint density at radius 2 is 1.74 bits per heavy atom. The van der Waals surface area contributed by atoms with Gasteiger partial charge in [-0.2, -0.15) is 0 Å². The molecule has 0 aliphatic carbocycles. The predicted molar refractivity (Wildman–Crippen MR) is 146 cm³/mol. The third-order valence-electron chi connectivity index (χ3n) is 8.06. The Morgan fingerprint density at radius 1 is 0.943 bits per heavy atom. The molecular weight excluding hydrogens is 430 g/mol. The fourth-order valence-electron chi connectivity index (χ4n) is 6.15. The molecule has 6 rings (SSSR count). The fourth-order valence-corrected chi connectivity index (χ4v) is 6.15. The van der Waals surface area contributed by atoms with Gasteiger partial charge in [0.2, 0.25) is 0 Å². The van der Waals surface area contributed by atoms with Crippen LogP contribution in [0.4, 0.5) is 11.5 Å². The Hall–Kier alpha value is -3.31. The number of benzene rings is 2. The second-order valence-electron chi connectivity index (χ2n) is 10.3. The quantitative estimate of drug-likeness (QED) is 0.564. The zero-order valence-electron chi connectivity index (χ0n) is 20.7. The van der Waals surface area contributed by atoms with E-state index in [0.717, 1.165) is 54.1 Å². The first kappa shape index (κ1) is 22.2. The molecule has 0 saturated carbocycles. The van der Waals surface area contributed by atoms with Crippen molar-refractivity contribution in [3.63, 3.8) is 0 Å². The third kappa shape index (κ3) is 4.19. The summed E-state index contributed by atoms with van der Waals surface area (Å²) in [5, 5.41) is 3.35. The normalized spacial score (nSPS) is 20.2. The topological polar surface area (TPSA) is 57.4 Å². The van der Waals surface area contributed by atoms with Crippen molar-refractivity contribution >= 4 is 17.2 Å². The number of nitrogens with one attached hydrogen (secondary N) is 1. The van der Waals surface area contributed by atoms with Gasteiger partial charge in [-0.05, 0) is 74.0 Å². The Bertz CT molecular complexity index is 1260. The van der Waals surface area contributed by atoms with Crippen molar-refractivity contribution in [3.05, 3.63) is 71.9 Å². The Morgan fingerprint density at radius 3 is 2.60 bits per heavy atom. The number of hydrogen-bond acceptors (Lipinski definition) is 5. The maximum Gasteiger partial charge on any atom is 0.131 e. The van der Waals surface area contributed by atoms with Crippen LogP contribution in [0.2, 0.25) is 0 Å². The van der Waals surface area contributed by atoms with Gasteiger partial charge in [0.05, 0.1) is 0 Å². The number of rotatable bonds is 3. The van der Waals surface area contributed by atoms with E-state index >= 15 is 0 Å². The van der Waals surface area contributed by atoms with E-state index in [-0.39, 0.29) is 0 Å². The molecule has 0 spiro atoms. The molecule has 2 fully saturated rings. The molecule has 2 saturated heterocycles. The average molecular weight is 466 g/mol. The molecular formula is C30H35N5. The number of fused-ring (bicyclic) bond motifs is 2. The van der Waals surface area contributed by atoms with Crippen LogP contribution >= 0.6 is 0 Å². The number of hydrogen-bond donors (Lipinski definition) is 2. The van der Waals surface area contributed by atoms with Crippen LogP contribution in [-0.4, -0.2) is 48.6 Å². The standard InChI is InChI=1S/C30H35N5/c1-20-27-11-8-23(17-24(27)12-13-32-20)29-18-28(21(2)33-30(29)31)22-6-9-25(10-7-22)35-16-4-15-34-14-3-5-26(34)19-35/h6-11,17-18,26,32H,1,3-5,12-16,19H2,2H3,(H2,31,33).